The molecule has 1 aromatic heterocycles. The SMILES string of the molecule is CCCn1cc(/C=C2\SC(=S)N(c3ccc(Br)cc3)C2=O)c2ccccc21. The number of fused-ring (bicyclic) bond motifs is 1. The van der Waals surface area contributed by atoms with Gasteiger partial charge in [0.2, 0.25) is 0 Å². The number of aromatic nitrogens is 1. The number of nitrogens with zero attached hydrogens (tertiary/aromatic N) is 2. The van der Waals surface area contributed by atoms with E-state index < -0.39 is 0 Å². The van der Waals surface area contributed by atoms with E-state index in [-0.39, 0.29) is 5.91 Å². The molecule has 0 N–H and O–H groups in total. The van der Waals surface area contributed by atoms with Crippen molar-refractivity contribution >= 4 is 72.8 Å². The van der Waals surface area contributed by atoms with E-state index >= 15 is 0 Å². The monoisotopic (exact) mass is 456 g/mol. The van der Waals surface area contributed by atoms with Crippen LogP contribution in [0.15, 0.2) is 64.1 Å². The minimum absolute atomic E-state index is 0.0698. The second-order valence-electron chi connectivity index (χ2n) is 6.29. The average Bonchev–Trinajstić information content (AvgIpc) is 3.14. The van der Waals surface area contributed by atoms with E-state index in [0.717, 1.165) is 34.1 Å². The molecule has 1 fully saturated rings. The minimum atomic E-state index is -0.0698. The van der Waals surface area contributed by atoms with Gasteiger partial charge in [-0.15, -0.1) is 0 Å². The molecule has 0 radical (unpaired) electrons. The van der Waals surface area contributed by atoms with Crippen LogP contribution in [-0.4, -0.2) is 14.8 Å². The Hall–Kier alpha value is -1.89. The molecule has 0 saturated carbocycles. The number of carbonyl (C=O) groups excluding carboxylic acids is 1. The van der Waals surface area contributed by atoms with Crippen LogP contribution in [0.4, 0.5) is 5.69 Å². The Morgan fingerprint density at radius 2 is 1.89 bits per heavy atom. The fourth-order valence-corrected chi connectivity index (χ4v) is 4.79. The standard InChI is InChI=1S/C21H17BrN2OS2/c1-2-11-23-13-14(17-5-3-4-6-18(17)23)12-19-20(25)24(21(26)27-19)16-9-7-15(22)8-10-16/h3-10,12-13H,2,11H2,1H3/b19-12-. The number of thiocarbonyl (C=S) groups is 1. The van der Waals surface area contributed by atoms with Crippen molar-refractivity contribution in [1.29, 1.82) is 0 Å². The molecule has 6 heteroatoms. The fraction of sp³-hybridized carbons (Fsp3) is 0.143. The highest BCUT2D eigenvalue weighted by atomic mass is 79.9. The molecule has 27 heavy (non-hydrogen) atoms. The van der Waals surface area contributed by atoms with E-state index in [9.17, 15) is 4.79 Å². The van der Waals surface area contributed by atoms with Crippen molar-refractivity contribution in [3.8, 4) is 0 Å². The summed E-state index contributed by atoms with van der Waals surface area (Å²) in [6.07, 6.45) is 5.15. The number of rotatable bonds is 4. The van der Waals surface area contributed by atoms with Crippen molar-refractivity contribution in [3.05, 3.63) is 69.7 Å². The Morgan fingerprint density at radius 1 is 1.15 bits per heavy atom. The molecule has 4 rings (SSSR count). The number of benzene rings is 2. The lowest BCUT2D eigenvalue weighted by Gasteiger charge is -2.14. The van der Waals surface area contributed by atoms with Gasteiger partial charge in [0.25, 0.3) is 5.91 Å². The normalized spacial score (nSPS) is 16.1. The molecule has 0 atom stereocenters. The Morgan fingerprint density at radius 3 is 2.63 bits per heavy atom. The van der Waals surface area contributed by atoms with Gasteiger partial charge in [-0.2, -0.15) is 0 Å². The molecule has 136 valence electrons. The van der Waals surface area contributed by atoms with E-state index in [1.54, 1.807) is 4.90 Å². The molecule has 2 aromatic carbocycles. The number of thioether (sulfide) groups is 1. The smallest absolute Gasteiger partial charge is 0.270 e. The number of hydrogen-bond donors (Lipinski definition) is 0. The molecule has 1 aliphatic rings. The van der Waals surface area contributed by atoms with Gasteiger partial charge in [0, 0.05) is 33.7 Å². The first-order valence-corrected chi connectivity index (χ1v) is 10.7. The van der Waals surface area contributed by atoms with Crippen molar-refractivity contribution < 1.29 is 4.79 Å². The summed E-state index contributed by atoms with van der Waals surface area (Å²) >= 11 is 10.3. The highest BCUT2D eigenvalue weighted by Gasteiger charge is 2.33. The number of anilines is 1. The predicted molar refractivity (Wildman–Crippen MR) is 122 cm³/mol. The zero-order chi connectivity index (χ0) is 19.0. The Bertz CT molecular complexity index is 1070. The van der Waals surface area contributed by atoms with Crippen LogP contribution < -0.4 is 4.90 Å². The van der Waals surface area contributed by atoms with Crippen LogP contribution in [0.3, 0.4) is 0 Å². The number of amides is 1. The van der Waals surface area contributed by atoms with Crippen molar-refractivity contribution in [2.45, 2.75) is 19.9 Å². The molecular formula is C21H17BrN2OS2. The molecule has 0 unspecified atom stereocenters. The number of carbonyl (C=O) groups is 1. The zero-order valence-corrected chi connectivity index (χ0v) is 17.9. The van der Waals surface area contributed by atoms with E-state index in [1.165, 1.54) is 17.3 Å². The van der Waals surface area contributed by atoms with Gasteiger partial charge in [-0.05, 0) is 42.8 Å². The van der Waals surface area contributed by atoms with Crippen LogP contribution in [0.25, 0.3) is 17.0 Å². The third-order valence-corrected chi connectivity index (χ3v) is 6.28. The van der Waals surface area contributed by atoms with Gasteiger partial charge in [0.1, 0.15) is 0 Å². The molecule has 1 aliphatic heterocycles. The van der Waals surface area contributed by atoms with Gasteiger partial charge < -0.3 is 4.57 Å². The van der Waals surface area contributed by atoms with E-state index in [2.05, 4.69) is 45.8 Å². The number of aryl methyl sites for hydroxylation is 1. The second kappa shape index (κ2) is 7.62. The van der Waals surface area contributed by atoms with Gasteiger partial charge >= 0.3 is 0 Å². The van der Waals surface area contributed by atoms with Crippen LogP contribution in [0.2, 0.25) is 0 Å². The molecular weight excluding hydrogens is 440 g/mol. The molecule has 3 nitrogen and oxygen atoms in total. The van der Waals surface area contributed by atoms with Gasteiger partial charge in [-0.25, -0.2) is 0 Å². The summed E-state index contributed by atoms with van der Waals surface area (Å²) in [6.45, 7) is 3.12. The molecule has 0 bridgehead atoms. The summed E-state index contributed by atoms with van der Waals surface area (Å²) < 4.78 is 3.78. The minimum Gasteiger partial charge on any atom is -0.347 e. The lowest BCUT2D eigenvalue weighted by Crippen LogP contribution is -2.27. The van der Waals surface area contributed by atoms with Gasteiger partial charge in [0.05, 0.1) is 10.6 Å². The van der Waals surface area contributed by atoms with E-state index in [0.29, 0.717) is 9.23 Å². The lowest BCUT2D eigenvalue weighted by molar-refractivity contribution is -0.113. The van der Waals surface area contributed by atoms with Crippen molar-refractivity contribution in [2.75, 3.05) is 4.90 Å². The molecule has 0 spiro atoms. The molecule has 1 saturated heterocycles. The Balaban J connectivity index is 1.73. The summed E-state index contributed by atoms with van der Waals surface area (Å²) in [5, 5.41) is 1.15. The molecule has 0 aliphatic carbocycles. The third-order valence-electron chi connectivity index (χ3n) is 4.45. The predicted octanol–water partition coefficient (Wildman–Crippen LogP) is 6.22. The maximum Gasteiger partial charge on any atom is 0.270 e. The van der Waals surface area contributed by atoms with Crippen LogP contribution in [0, 0.1) is 0 Å². The molecule has 2 heterocycles. The van der Waals surface area contributed by atoms with E-state index in [4.69, 9.17) is 12.2 Å². The topological polar surface area (TPSA) is 25.2 Å². The summed E-state index contributed by atoms with van der Waals surface area (Å²) in [4.78, 5) is 15.3. The number of halogens is 1. The number of hydrogen-bond acceptors (Lipinski definition) is 3. The van der Waals surface area contributed by atoms with Crippen molar-refractivity contribution in [3.63, 3.8) is 0 Å². The van der Waals surface area contributed by atoms with Crippen LogP contribution in [0.1, 0.15) is 18.9 Å². The fourth-order valence-electron chi connectivity index (χ4n) is 3.24. The third kappa shape index (κ3) is 3.49. The average molecular weight is 457 g/mol. The summed E-state index contributed by atoms with van der Waals surface area (Å²) in [7, 11) is 0. The second-order valence-corrected chi connectivity index (χ2v) is 8.88. The highest BCUT2D eigenvalue weighted by molar-refractivity contribution is 9.10. The van der Waals surface area contributed by atoms with Gasteiger partial charge in [0.15, 0.2) is 4.32 Å². The van der Waals surface area contributed by atoms with Crippen LogP contribution in [-0.2, 0) is 11.3 Å². The first-order valence-electron chi connectivity index (χ1n) is 8.70. The first-order chi connectivity index (χ1) is 13.1. The van der Waals surface area contributed by atoms with E-state index in [1.807, 2.05) is 42.5 Å². The maximum absolute atomic E-state index is 13.0. The van der Waals surface area contributed by atoms with Crippen molar-refractivity contribution in [2.24, 2.45) is 0 Å². The molecule has 3 aromatic rings. The van der Waals surface area contributed by atoms with Gasteiger partial charge in [-0.1, -0.05) is 65.0 Å². The Labute approximate surface area is 176 Å². The Kier molecular flexibility index (Phi) is 5.21. The largest absolute Gasteiger partial charge is 0.347 e. The highest BCUT2D eigenvalue weighted by Crippen LogP contribution is 2.37. The van der Waals surface area contributed by atoms with Crippen LogP contribution >= 0.6 is 39.9 Å². The first kappa shape index (κ1) is 18.5. The zero-order valence-electron chi connectivity index (χ0n) is 14.7. The number of para-hydroxylation sites is 1. The summed E-state index contributed by atoms with van der Waals surface area (Å²) in [5.74, 6) is -0.0698. The van der Waals surface area contributed by atoms with Crippen LogP contribution in [0.5, 0.6) is 0 Å². The molecule has 1 amide bonds. The maximum atomic E-state index is 13.0. The summed E-state index contributed by atoms with van der Waals surface area (Å²) in [6, 6.07) is 15.9. The summed E-state index contributed by atoms with van der Waals surface area (Å²) in [5.41, 5.74) is 3.03. The van der Waals surface area contributed by atoms with Crippen molar-refractivity contribution in [1.82, 2.24) is 4.57 Å². The lowest BCUT2D eigenvalue weighted by atomic mass is 10.1. The quantitative estimate of drug-likeness (QED) is 0.344. The van der Waals surface area contributed by atoms with Gasteiger partial charge in [-0.3, -0.25) is 9.69 Å².